The molecule has 5 nitrogen and oxygen atoms in total. The molecule has 0 aromatic heterocycles. The standard InChI is InChI=1S/C16H11BrFNO4S/c1-23-15-8-10(7-14(17)16(15)20)6-13(9-19)24(21,22)12-4-2-11(18)3-5-12/h2-8,20H,1H3/b13-6+. The van der Waals surface area contributed by atoms with E-state index < -0.39 is 20.6 Å². The van der Waals surface area contributed by atoms with Gasteiger partial charge in [-0.15, -0.1) is 0 Å². The number of halogens is 2. The summed E-state index contributed by atoms with van der Waals surface area (Å²) >= 11 is 3.12. The minimum Gasteiger partial charge on any atom is -0.503 e. The largest absolute Gasteiger partial charge is 0.503 e. The predicted octanol–water partition coefficient (Wildman–Crippen LogP) is 3.64. The van der Waals surface area contributed by atoms with Crippen LogP contribution in [0.2, 0.25) is 0 Å². The van der Waals surface area contributed by atoms with Gasteiger partial charge in [-0.25, -0.2) is 12.8 Å². The molecule has 0 aliphatic heterocycles. The van der Waals surface area contributed by atoms with Crippen LogP contribution in [0.4, 0.5) is 4.39 Å². The third kappa shape index (κ3) is 3.58. The number of nitrogens with zero attached hydrogens (tertiary/aromatic N) is 1. The number of phenols is 1. The lowest BCUT2D eigenvalue weighted by molar-refractivity contribution is 0.372. The number of methoxy groups -OCH3 is 1. The number of rotatable bonds is 4. The Morgan fingerprint density at radius 1 is 1.33 bits per heavy atom. The molecule has 124 valence electrons. The molecule has 2 aromatic carbocycles. The first-order chi connectivity index (χ1) is 11.3. The summed E-state index contributed by atoms with van der Waals surface area (Å²) in [4.78, 5) is -0.713. The van der Waals surface area contributed by atoms with Gasteiger partial charge in [-0.1, -0.05) is 0 Å². The van der Waals surface area contributed by atoms with Crippen LogP contribution in [-0.2, 0) is 9.84 Å². The second kappa shape index (κ2) is 7.03. The Labute approximate surface area is 146 Å². The monoisotopic (exact) mass is 411 g/mol. The number of hydrogen-bond acceptors (Lipinski definition) is 5. The van der Waals surface area contributed by atoms with E-state index in [1.165, 1.54) is 19.2 Å². The zero-order valence-corrected chi connectivity index (χ0v) is 14.7. The SMILES string of the molecule is COc1cc(/C=C(\C#N)S(=O)(=O)c2ccc(F)cc2)cc(Br)c1O. The third-order valence-corrected chi connectivity index (χ3v) is 5.38. The first-order valence-electron chi connectivity index (χ1n) is 6.48. The van der Waals surface area contributed by atoms with Crippen molar-refractivity contribution in [1.29, 1.82) is 5.26 Å². The summed E-state index contributed by atoms with van der Waals surface area (Å²) in [6.45, 7) is 0. The normalized spacial score (nSPS) is 11.8. The molecule has 0 radical (unpaired) electrons. The van der Waals surface area contributed by atoms with Gasteiger partial charge in [-0.3, -0.25) is 0 Å². The molecule has 0 heterocycles. The van der Waals surface area contributed by atoms with Gasteiger partial charge in [-0.2, -0.15) is 5.26 Å². The Bertz CT molecular complexity index is 947. The molecule has 24 heavy (non-hydrogen) atoms. The molecule has 0 saturated heterocycles. The van der Waals surface area contributed by atoms with Crippen LogP contribution < -0.4 is 4.74 Å². The lowest BCUT2D eigenvalue weighted by Crippen LogP contribution is -2.03. The summed E-state index contributed by atoms with van der Waals surface area (Å²) in [5.41, 5.74) is 0.332. The lowest BCUT2D eigenvalue weighted by atomic mass is 10.2. The van der Waals surface area contributed by atoms with E-state index in [4.69, 9.17) is 4.74 Å². The molecule has 0 aliphatic carbocycles. The molecule has 8 heteroatoms. The fourth-order valence-electron chi connectivity index (χ4n) is 1.89. The zero-order valence-electron chi connectivity index (χ0n) is 12.3. The summed E-state index contributed by atoms with van der Waals surface area (Å²) in [5.74, 6) is -0.606. The number of phenolic OH excluding ortho intramolecular Hbond substituents is 1. The number of sulfone groups is 1. The van der Waals surface area contributed by atoms with Crippen molar-refractivity contribution in [3.05, 3.63) is 57.2 Å². The van der Waals surface area contributed by atoms with E-state index >= 15 is 0 Å². The van der Waals surface area contributed by atoms with Crippen LogP contribution in [0.15, 0.2) is 50.7 Å². The maximum Gasteiger partial charge on any atom is 0.216 e. The Hall–Kier alpha value is -2.37. The van der Waals surface area contributed by atoms with Gasteiger partial charge in [0, 0.05) is 0 Å². The van der Waals surface area contributed by atoms with Crippen LogP contribution in [0.25, 0.3) is 6.08 Å². The average Bonchev–Trinajstić information content (AvgIpc) is 2.55. The van der Waals surface area contributed by atoms with Gasteiger partial charge < -0.3 is 9.84 Å². The van der Waals surface area contributed by atoms with Crippen molar-refractivity contribution in [1.82, 2.24) is 0 Å². The van der Waals surface area contributed by atoms with Crippen LogP contribution in [0.1, 0.15) is 5.56 Å². The average molecular weight is 412 g/mol. The van der Waals surface area contributed by atoms with Crippen LogP contribution in [-0.4, -0.2) is 20.6 Å². The summed E-state index contributed by atoms with van der Waals surface area (Å²) in [6.07, 6.45) is 1.14. The highest BCUT2D eigenvalue weighted by Gasteiger charge is 2.21. The van der Waals surface area contributed by atoms with Crippen LogP contribution in [0.5, 0.6) is 11.5 Å². The molecule has 2 aromatic rings. The fraction of sp³-hybridized carbons (Fsp3) is 0.0625. The first-order valence-corrected chi connectivity index (χ1v) is 8.76. The smallest absolute Gasteiger partial charge is 0.216 e. The number of benzene rings is 2. The van der Waals surface area contributed by atoms with E-state index in [-0.39, 0.29) is 20.9 Å². The predicted molar refractivity (Wildman–Crippen MR) is 89.5 cm³/mol. The Morgan fingerprint density at radius 3 is 2.50 bits per heavy atom. The van der Waals surface area contributed by atoms with Crippen LogP contribution >= 0.6 is 15.9 Å². The minimum atomic E-state index is -4.09. The molecule has 2 rings (SSSR count). The molecule has 0 amide bonds. The molecule has 0 fully saturated rings. The van der Waals surface area contributed by atoms with E-state index in [0.29, 0.717) is 5.56 Å². The molecule has 0 bridgehead atoms. The molecule has 1 N–H and O–H groups in total. The van der Waals surface area contributed by atoms with Gasteiger partial charge in [-0.05, 0) is 64.0 Å². The Kier molecular flexibility index (Phi) is 5.26. The Morgan fingerprint density at radius 2 is 1.96 bits per heavy atom. The van der Waals surface area contributed by atoms with Gasteiger partial charge in [0.25, 0.3) is 0 Å². The molecule has 0 aliphatic rings. The van der Waals surface area contributed by atoms with Crippen molar-refractivity contribution in [2.24, 2.45) is 0 Å². The van der Waals surface area contributed by atoms with Crippen molar-refractivity contribution in [2.45, 2.75) is 4.90 Å². The van der Waals surface area contributed by atoms with E-state index in [2.05, 4.69) is 15.9 Å². The van der Waals surface area contributed by atoms with E-state index in [0.717, 1.165) is 30.3 Å². The third-order valence-electron chi connectivity index (χ3n) is 3.09. The van der Waals surface area contributed by atoms with Crippen molar-refractivity contribution in [3.63, 3.8) is 0 Å². The Balaban J connectivity index is 2.56. The van der Waals surface area contributed by atoms with E-state index in [1.807, 2.05) is 0 Å². The highest BCUT2D eigenvalue weighted by Crippen LogP contribution is 2.36. The second-order valence-corrected chi connectivity index (χ2v) is 7.40. The van der Waals surface area contributed by atoms with Gasteiger partial charge in [0.2, 0.25) is 9.84 Å². The van der Waals surface area contributed by atoms with Gasteiger partial charge in [0.1, 0.15) is 16.8 Å². The minimum absolute atomic E-state index is 0.118. The molecular weight excluding hydrogens is 401 g/mol. The summed E-state index contributed by atoms with van der Waals surface area (Å²) in [5, 5.41) is 19.0. The van der Waals surface area contributed by atoms with Crippen molar-refractivity contribution < 1.29 is 22.7 Å². The maximum absolute atomic E-state index is 13.0. The highest BCUT2D eigenvalue weighted by atomic mass is 79.9. The summed E-state index contributed by atoms with van der Waals surface area (Å²) in [6, 6.07) is 8.64. The number of aromatic hydroxyl groups is 1. The molecule has 0 unspecified atom stereocenters. The number of ether oxygens (including phenoxy) is 1. The van der Waals surface area contributed by atoms with Gasteiger partial charge in [0.05, 0.1) is 16.5 Å². The van der Waals surface area contributed by atoms with E-state index in [9.17, 15) is 23.2 Å². The van der Waals surface area contributed by atoms with Crippen molar-refractivity contribution >= 4 is 31.8 Å². The first kappa shape index (κ1) is 18.0. The number of nitriles is 1. The van der Waals surface area contributed by atoms with Crippen LogP contribution in [0.3, 0.4) is 0 Å². The van der Waals surface area contributed by atoms with Gasteiger partial charge in [0.15, 0.2) is 11.5 Å². The fourth-order valence-corrected chi connectivity index (χ4v) is 3.51. The highest BCUT2D eigenvalue weighted by molar-refractivity contribution is 9.10. The van der Waals surface area contributed by atoms with Crippen molar-refractivity contribution in [3.8, 4) is 17.6 Å². The molecule has 0 spiro atoms. The number of hydrogen-bond donors (Lipinski definition) is 1. The second-order valence-electron chi connectivity index (χ2n) is 4.63. The van der Waals surface area contributed by atoms with E-state index in [1.54, 1.807) is 6.07 Å². The van der Waals surface area contributed by atoms with Gasteiger partial charge >= 0.3 is 0 Å². The zero-order chi connectivity index (χ0) is 17.9. The van der Waals surface area contributed by atoms with Crippen molar-refractivity contribution in [2.75, 3.05) is 7.11 Å². The topological polar surface area (TPSA) is 87.4 Å². The maximum atomic E-state index is 13.0. The summed E-state index contributed by atoms with van der Waals surface area (Å²) < 4.78 is 43.2. The molecule has 0 atom stereocenters. The molecular formula is C16H11BrFNO4S. The quantitative estimate of drug-likeness (QED) is 0.612. The summed E-state index contributed by atoms with van der Waals surface area (Å²) in [7, 11) is -2.75. The lowest BCUT2D eigenvalue weighted by Gasteiger charge is -2.07. The number of allylic oxidation sites excluding steroid dienone is 1. The molecule has 0 saturated carbocycles. The van der Waals surface area contributed by atoms with Crippen LogP contribution in [0, 0.1) is 17.1 Å².